The number of hydrogen-bond donors (Lipinski definition) is 5. The number of aliphatic carboxylic acids is 1. The van der Waals surface area contributed by atoms with E-state index in [2.05, 4.69) is 15.8 Å². The first-order chi connectivity index (χ1) is 13.3. The molecule has 0 saturated carbocycles. The Morgan fingerprint density at radius 1 is 1.29 bits per heavy atom. The van der Waals surface area contributed by atoms with Crippen LogP contribution in [-0.4, -0.2) is 58.2 Å². The summed E-state index contributed by atoms with van der Waals surface area (Å²) in [7, 11) is 0. The molecule has 0 spiro atoms. The number of carboxylic acid groups (broad SMARTS) is 1. The van der Waals surface area contributed by atoms with Gasteiger partial charge in [-0.25, -0.2) is 4.79 Å². The van der Waals surface area contributed by atoms with Crippen LogP contribution in [0.3, 0.4) is 0 Å². The van der Waals surface area contributed by atoms with Crippen molar-refractivity contribution in [3.05, 3.63) is 35.9 Å². The van der Waals surface area contributed by atoms with Gasteiger partial charge in [-0.05, 0) is 38.1 Å². The van der Waals surface area contributed by atoms with E-state index in [1.807, 2.05) is 0 Å². The van der Waals surface area contributed by atoms with Crippen LogP contribution in [0.4, 0.5) is 0 Å². The van der Waals surface area contributed by atoms with Crippen molar-refractivity contribution in [3.63, 3.8) is 0 Å². The average Bonchev–Trinajstić information content (AvgIpc) is 2.72. The third-order valence-electron chi connectivity index (χ3n) is 4.67. The Labute approximate surface area is 161 Å². The van der Waals surface area contributed by atoms with Crippen LogP contribution in [-0.2, 0) is 14.3 Å². The van der Waals surface area contributed by atoms with Crippen LogP contribution in [0.15, 0.2) is 35.5 Å². The molecule has 1 aromatic rings. The second-order valence-electron chi connectivity index (χ2n) is 6.41. The number of nitrogens with two attached hydrogens (primary N) is 1. The zero-order chi connectivity index (χ0) is 20.8. The summed E-state index contributed by atoms with van der Waals surface area (Å²) in [5, 5.41) is 27.3. The van der Waals surface area contributed by atoms with Gasteiger partial charge in [-0.2, -0.15) is 0 Å². The normalized spacial score (nSPS) is 18.7. The maximum atomic E-state index is 12.7. The number of amidine groups is 1. The summed E-state index contributed by atoms with van der Waals surface area (Å²) in [6.07, 6.45) is 0.0815. The van der Waals surface area contributed by atoms with Crippen molar-refractivity contribution in [3.8, 4) is 0 Å². The average molecular weight is 392 g/mol. The molecule has 0 aliphatic carbocycles. The van der Waals surface area contributed by atoms with E-state index in [1.54, 1.807) is 18.2 Å². The largest absolute Gasteiger partial charge is 0.477 e. The lowest BCUT2D eigenvalue weighted by atomic mass is 9.89. The van der Waals surface area contributed by atoms with Crippen LogP contribution >= 0.6 is 0 Å². The molecule has 0 radical (unpaired) electrons. The summed E-state index contributed by atoms with van der Waals surface area (Å²) in [5.41, 5.74) is 1.74. The molecule has 1 aliphatic rings. The smallest absolute Gasteiger partial charge is 0.365 e. The first kappa shape index (κ1) is 21.3. The Bertz CT molecular complexity index is 761. The number of Topliss-reactive ketones (excluding diaryl/α,β-unsaturated/α-hetero) is 1. The quantitative estimate of drug-likeness (QED) is 0.104. The number of nitrogens with zero attached hydrogens (tertiary/aromatic N) is 1. The van der Waals surface area contributed by atoms with Gasteiger partial charge in [-0.3, -0.25) is 9.59 Å². The fourth-order valence-electron chi connectivity index (χ4n) is 3.06. The molecule has 10 nitrogen and oxygen atoms in total. The van der Waals surface area contributed by atoms with E-state index in [0.717, 1.165) is 0 Å². The van der Waals surface area contributed by atoms with Crippen molar-refractivity contribution >= 4 is 23.5 Å². The molecule has 28 heavy (non-hydrogen) atoms. The molecule has 1 heterocycles. The molecule has 1 saturated heterocycles. The highest BCUT2D eigenvalue weighted by Gasteiger charge is 2.55. The van der Waals surface area contributed by atoms with Gasteiger partial charge in [-0.15, -0.1) is 0 Å². The molecule has 152 valence electrons. The summed E-state index contributed by atoms with van der Waals surface area (Å²) in [5.74, 6) is -3.72. The van der Waals surface area contributed by atoms with Crippen molar-refractivity contribution in [2.75, 3.05) is 13.1 Å². The number of carbonyl (C=O) groups is 3. The summed E-state index contributed by atoms with van der Waals surface area (Å²) < 4.78 is 5.79. The zero-order valence-electron chi connectivity index (χ0n) is 15.5. The van der Waals surface area contributed by atoms with Crippen LogP contribution in [0.5, 0.6) is 0 Å². The van der Waals surface area contributed by atoms with E-state index in [-0.39, 0.29) is 30.7 Å². The Balaban J connectivity index is 2.49. The Kier molecular flexibility index (Phi) is 6.71. The van der Waals surface area contributed by atoms with Crippen molar-refractivity contribution in [2.45, 2.75) is 37.5 Å². The highest BCUT2D eigenvalue weighted by atomic mass is 16.6. The van der Waals surface area contributed by atoms with Crippen molar-refractivity contribution < 1.29 is 29.4 Å². The highest BCUT2D eigenvalue weighted by Crippen LogP contribution is 2.30. The number of amides is 1. The van der Waals surface area contributed by atoms with Crippen LogP contribution < -0.4 is 16.4 Å². The maximum Gasteiger partial charge on any atom is 0.365 e. The number of carboxylic acids is 1. The predicted octanol–water partition coefficient (Wildman–Crippen LogP) is 0.0616. The summed E-state index contributed by atoms with van der Waals surface area (Å²) in [6, 6.07) is 7.84. The second kappa shape index (κ2) is 8.81. The van der Waals surface area contributed by atoms with Crippen LogP contribution in [0.2, 0.25) is 0 Å². The van der Waals surface area contributed by atoms with Crippen molar-refractivity contribution in [1.82, 2.24) is 10.6 Å². The van der Waals surface area contributed by atoms with Crippen LogP contribution in [0, 0.1) is 0 Å². The van der Waals surface area contributed by atoms with Crippen molar-refractivity contribution in [2.24, 2.45) is 10.9 Å². The Morgan fingerprint density at radius 2 is 1.89 bits per heavy atom. The second-order valence-corrected chi connectivity index (χ2v) is 6.41. The van der Waals surface area contributed by atoms with E-state index in [4.69, 9.17) is 10.5 Å². The molecule has 2 rings (SSSR count). The number of rotatable bonds is 8. The third-order valence-corrected chi connectivity index (χ3v) is 4.67. The summed E-state index contributed by atoms with van der Waals surface area (Å²) in [4.78, 5) is 37.5. The number of carbonyl (C=O) groups excluding carboxylic acids is 2. The minimum absolute atomic E-state index is 0.149. The number of oxime groups is 1. The monoisotopic (exact) mass is 392 g/mol. The number of benzene rings is 1. The topological polar surface area (TPSA) is 163 Å². The first-order valence-electron chi connectivity index (χ1n) is 8.84. The predicted molar refractivity (Wildman–Crippen MR) is 98.9 cm³/mol. The lowest BCUT2D eigenvalue weighted by Crippen LogP contribution is -2.68. The number of piperidine rings is 1. The number of ketones is 1. The van der Waals surface area contributed by atoms with Gasteiger partial charge < -0.3 is 31.4 Å². The number of hydrogen-bond acceptors (Lipinski definition) is 7. The highest BCUT2D eigenvalue weighted by molar-refractivity contribution is 6.11. The fraction of sp³-hybridized carbons (Fsp3) is 0.444. The molecule has 6 N–H and O–H groups in total. The molecule has 1 atom stereocenters. The summed E-state index contributed by atoms with van der Waals surface area (Å²) >= 11 is 0. The van der Waals surface area contributed by atoms with Gasteiger partial charge in [0.1, 0.15) is 5.60 Å². The first-order valence-corrected chi connectivity index (χ1v) is 8.84. The fourth-order valence-corrected chi connectivity index (χ4v) is 3.06. The number of ether oxygens (including phenoxy) is 1. The van der Waals surface area contributed by atoms with Gasteiger partial charge >= 0.3 is 11.7 Å². The van der Waals surface area contributed by atoms with Crippen LogP contribution in [0.25, 0.3) is 0 Å². The maximum absolute atomic E-state index is 12.7. The lowest BCUT2D eigenvalue weighted by Gasteiger charge is -2.42. The van der Waals surface area contributed by atoms with Gasteiger partial charge in [-0.1, -0.05) is 30.3 Å². The molecule has 1 aliphatic heterocycles. The van der Waals surface area contributed by atoms with Crippen molar-refractivity contribution in [1.29, 1.82) is 0 Å². The van der Waals surface area contributed by atoms with E-state index in [9.17, 15) is 24.7 Å². The van der Waals surface area contributed by atoms with Gasteiger partial charge in [0.05, 0.1) is 0 Å². The molecule has 1 amide bonds. The van der Waals surface area contributed by atoms with Gasteiger partial charge in [0.15, 0.2) is 11.6 Å². The molecule has 1 unspecified atom stereocenters. The number of nitrogens with one attached hydrogen (secondary N) is 2. The SMILES string of the molecule is CCC(=O)C(NC(=O)c1ccccc1)(OC1(C(N)=NO)CCNCC1)C(=O)O. The Morgan fingerprint density at radius 3 is 2.39 bits per heavy atom. The van der Waals surface area contributed by atoms with Crippen LogP contribution in [0.1, 0.15) is 36.5 Å². The molecule has 0 bridgehead atoms. The van der Waals surface area contributed by atoms with Gasteiger partial charge in [0.25, 0.3) is 5.91 Å². The minimum Gasteiger partial charge on any atom is -0.477 e. The van der Waals surface area contributed by atoms with Gasteiger partial charge in [0.2, 0.25) is 0 Å². The van der Waals surface area contributed by atoms with Gasteiger partial charge in [0, 0.05) is 12.0 Å². The Hall–Kier alpha value is -2.98. The van der Waals surface area contributed by atoms with E-state index < -0.39 is 29.0 Å². The van der Waals surface area contributed by atoms with E-state index >= 15 is 0 Å². The van der Waals surface area contributed by atoms with E-state index in [1.165, 1.54) is 19.1 Å². The van der Waals surface area contributed by atoms with E-state index in [0.29, 0.717) is 13.1 Å². The zero-order valence-corrected chi connectivity index (χ0v) is 15.5. The third kappa shape index (κ3) is 4.12. The molecular weight excluding hydrogens is 368 g/mol. The standard InChI is InChI=1S/C18H24N4O6/c1-2-13(23)18(16(25)26,21-14(24)12-6-4-3-5-7-12)28-17(15(19)22-27)8-10-20-11-9-17/h3-7,20,27H,2,8-11H2,1H3,(H2,19,22)(H,21,24)(H,25,26). The molecule has 10 heteroatoms. The molecular formula is C18H24N4O6. The molecule has 1 aromatic carbocycles. The minimum atomic E-state index is -2.69. The lowest BCUT2D eigenvalue weighted by molar-refractivity contribution is -0.193. The molecule has 0 aromatic heterocycles. The summed E-state index contributed by atoms with van der Waals surface area (Å²) in [6.45, 7) is 2.23. The molecule has 1 fully saturated rings.